The van der Waals surface area contributed by atoms with Crippen molar-refractivity contribution in [3.63, 3.8) is 0 Å². The molecule has 0 aliphatic carbocycles. The number of methoxy groups -OCH3 is 4. The summed E-state index contributed by atoms with van der Waals surface area (Å²) in [4.78, 5) is 67.7. The summed E-state index contributed by atoms with van der Waals surface area (Å²) in [6.45, 7) is 5.71. The smallest absolute Gasteiger partial charge is 0.407 e. The molecule has 1 aliphatic heterocycles. The molecule has 4 aromatic rings. The Kier molecular flexibility index (Phi) is 13.8. The molecule has 2 aromatic carbocycles. The molecule has 296 valence electrons. The summed E-state index contributed by atoms with van der Waals surface area (Å²) in [6.07, 6.45) is 2.39. The number of amides is 4. The summed E-state index contributed by atoms with van der Waals surface area (Å²) in [5.41, 5.74) is 5.04. The molecule has 0 spiro atoms. The molecule has 16 heteroatoms. The van der Waals surface area contributed by atoms with Crippen molar-refractivity contribution in [3.05, 3.63) is 83.7 Å². The van der Waals surface area contributed by atoms with Gasteiger partial charge in [-0.15, -0.1) is 0 Å². The monoisotopic (exact) mass is 768 g/mol. The van der Waals surface area contributed by atoms with Crippen molar-refractivity contribution in [2.75, 3.05) is 35.0 Å². The highest BCUT2D eigenvalue weighted by Gasteiger charge is 2.38. The number of hydrogen-bond donors (Lipinski definition) is 5. The molecule has 5 N–H and O–H groups in total. The molecule has 6 unspecified atom stereocenters. The number of H-pyrrole nitrogens is 2. The van der Waals surface area contributed by atoms with Crippen LogP contribution in [0, 0.1) is 11.8 Å². The van der Waals surface area contributed by atoms with Crippen LogP contribution in [-0.2, 0) is 28.5 Å². The number of nitrogens with one attached hydrogen (secondary N) is 5. The Hall–Kier alpha value is -6.18. The number of ether oxygens (including phenoxy) is 4. The van der Waals surface area contributed by atoms with E-state index in [1.54, 1.807) is 38.1 Å². The summed E-state index contributed by atoms with van der Waals surface area (Å²) in [6, 6.07) is 12.9. The minimum absolute atomic E-state index is 0.259. The largest absolute Gasteiger partial charge is 0.453 e. The Morgan fingerprint density at radius 3 is 1.80 bits per heavy atom. The van der Waals surface area contributed by atoms with Crippen LogP contribution in [-0.4, -0.2) is 108 Å². The molecular weight excluding hydrogens is 720 g/mol. The highest BCUT2D eigenvalue weighted by Crippen LogP contribution is 2.32. The number of carbonyl (C=O) groups excluding carboxylic acids is 4. The van der Waals surface area contributed by atoms with Crippen LogP contribution in [0.4, 0.5) is 9.59 Å². The Labute approximate surface area is 325 Å². The predicted molar refractivity (Wildman–Crippen MR) is 206 cm³/mol. The zero-order chi connectivity index (χ0) is 40.4. The number of nitrogens with zero attached hydrogens (tertiary/aromatic N) is 3. The first-order valence-electron chi connectivity index (χ1n) is 18.1. The van der Waals surface area contributed by atoms with E-state index < -0.39 is 48.4 Å². The molecule has 1 aliphatic rings. The maximum Gasteiger partial charge on any atom is 0.407 e. The van der Waals surface area contributed by atoms with Crippen molar-refractivity contribution >= 4 is 24.0 Å². The third-order valence-electron chi connectivity index (χ3n) is 9.70. The average Bonchev–Trinajstić information content (AvgIpc) is 4.02. The highest BCUT2D eigenvalue weighted by molar-refractivity contribution is 5.87. The van der Waals surface area contributed by atoms with E-state index in [4.69, 9.17) is 14.2 Å². The van der Waals surface area contributed by atoms with Crippen LogP contribution in [0.5, 0.6) is 0 Å². The molecule has 3 heterocycles. The van der Waals surface area contributed by atoms with Gasteiger partial charge in [-0.1, -0.05) is 36.1 Å². The van der Waals surface area contributed by atoms with Gasteiger partial charge in [-0.05, 0) is 69.0 Å². The van der Waals surface area contributed by atoms with E-state index in [1.807, 2.05) is 48.5 Å². The van der Waals surface area contributed by atoms with Gasteiger partial charge in [0.1, 0.15) is 23.7 Å². The zero-order valence-electron chi connectivity index (χ0n) is 32.5. The van der Waals surface area contributed by atoms with Crippen LogP contribution in [0.3, 0.4) is 0 Å². The topological polar surface area (TPSA) is 202 Å². The molecule has 16 nitrogen and oxygen atoms in total. The van der Waals surface area contributed by atoms with E-state index >= 15 is 0 Å². The van der Waals surface area contributed by atoms with Gasteiger partial charge >= 0.3 is 12.2 Å². The Balaban J connectivity index is 1.19. The van der Waals surface area contributed by atoms with Gasteiger partial charge < -0.3 is 49.8 Å². The van der Waals surface area contributed by atoms with Gasteiger partial charge in [-0.25, -0.2) is 19.6 Å². The molecule has 6 atom stereocenters. The standard InChI is InChI=1S/C40H48N8O8/c1-23(43-37(49)33(24(2)53-4)46-39(51)55-6)35-41-21-30(44-35)28-16-12-26(13-17-28)10-11-27-14-18-29(19-15-27)31-22-42-36(45-31)32-9-8-20-48(32)38(50)34(25(3)54-5)47-40(52)56-7/h12-19,21-25,32-34H,8-9,20H2,1-7H3,(H,41,44)(H,42,45)(H,43,49)(H,46,51)(H,47,52). The zero-order valence-corrected chi connectivity index (χ0v) is 32.5. The first kappa shape index (κ1) is 41.0. The number of aromatic nitrogens is 4. The molecule has 1 fully saturated rings. The van der Waals surface area contributed by atoms with Gasteiger partial charge in [0.15, 0.2) is 0 Å². The van der Waals surface area contributed by atoms with Crippen molar-refractivity contribution in [3.8, 4) is 34.4 Å². The lowest BCUT2D eigenvalue weighted by molar-refractivity contribution is -0.137. The number of alkyl carbamates (subject to hydrolysis) is 2. The fourth-order valence-corrected chi connectivity index (χ4v) is 6.25. The first-order valence-corrected chi connectivity index (χ1v) is 18.1. The second-order valence-electron chi connectivity index (χ2n) is 13.3. The molecule has 2 aromatic heterocycles. The molecule has 0 saturated carbocycles. The SMILES string of the molecule is COC(=O)NC(C(=O)NC(C)c1ncc(-c2ccc(C#Cc3ccc(-c4cnc(C5CCCN5C(=O)C(NC(=O)OC)C(C)OC)[nH]4)cc3)cc2)[nH]1)C(C)OC. The van der Waals surface area contributed by atoms with E-state index in [2.05, 4.69) is 52.5 Å². The fraction of sp³-hybridized carbons (Fsp3) is 0.400. The molecule has 0 radical (unpaired) electrons. The molecule has 5 rings (SSSR count). The molecule has 1 saturated heterocycles. The van der Waals surface area contributed by atoms with Crippen molar-refractivity contribution in [1.29, 1.82) is 0 Å². The summed E-state index contributed by atoms with van der Waals surface area (Å²) < 4.78 is 20.0. The van der Waals surface area contributed by atoms with Crippen molar-refractivity contribution in [2.45, 2.75) is 70.0 Å². The van der Waals surface area contributed by atoms with Crippen LogP contribution in [0.1, 0.15) is 68.5 Å². The van der Waals surface area contributed by atoms with Crippen LogP contribution in [0.25, 0.3) is 22.5 Å². The van der Waals surface area contributed by atoms with E-state index in [-0.39, 0.29) is 11.9 Å². The fourth-order valence-electron chi connectivity index (χ4n) is 6.25. The lowest BCUT2D eigenvalue weighted by Crippen LogP contribution is -2.54. The van der Waals surface area contributed by atoms with Gasteiger partial charge in [-0.3, -0.25) is 9.59 Å². The van der Waals surface area contributed by atoms with Crippen molar-refractivity contribution in [1.82, 2.24) is 40.8 Å². The Morgan fingerprint density at radius 2 is 1.25 bits per heavy atom. The number of likely N-dealkylation sites (tertiary alicyclic amines) is 1. The van der Waals surface area contributed by atoms with Gasteiger partial charge in [0.2, 0.25) is 11.8 Å². The third-order valence-corrected chi connectivity index (χ3v) is 9.70. The maximum atomic E-state index is 13.6. The van der Waals surface area contributed by atoms with Crippen LogP contribution in [0.2, 0.25) is 0 Å². The lowest BCUT2D eigenvalue weighted by Gasteiger charge is -2.30. The lowest BCUT2D eigenvalue weighted by atomic mass is 10.1. The van der Waals surface area contributed by atoms with Crippen LogP contribution >= 0.6 is 0 Å². The van der Waals surface area contributed by atoms with E-state index in [0.29, 0.717) is 18.2 Å². The van der Waals surface area contributed by atoms with Crippen LogP contribution in [0.15, 0.2) is 60.9 Å². The number of imidazole rings is 2. The highest BCUT2D eigenvalue weighted by atomic mass is 16.5. The third kappa shape index (κ3) is 9.92. The van der Waals surface area contributed by atoms with Crippen molar-refractivity contribution < 1.29 is 38.1 Å². The second kappa shape index (κ2) is 18.9. The number of aromatic amines is 2. The van der Waals surface area contributed by atoms with E-state index in [9.17, 15) is 19.2 Å². The quantitative estimate of drug-likeness (QED) is 0.123. The normalized spacial score (nSPS) is 16.3. The van der Waals surface area contributed by atoms with Gasteiger partial charge in [0, 0.05) is 31.9 Å². The average molecular weight is 769 g/mol. The second-order valence-corrected chi connectivity index (χ2v) is 13.3. The number of carbonyl (C=O) groups is 4. The van der Waals surface area contributed by atoms with Gasteiger partial charge in [0.25, 0.3) is 0 Å². The Morgan fingerprint density at radius 1 is 0.732 bits per heavy atom. The number of benzene rings is 2. The molecule has 56 heavy (non-hydrogen) atoms. The molecule has 4 amide bonds. The summed E-state index contributed by atoms with van der Waals surface area (Å²) in [7, 11) is 5.41. The minimum atomic E-state index is -0.960. The summed E-state index contributed by atoms with van der Waals surface area (Å²) in [5.74, 6) is 6.93. The Bertz CT molecular complexity index is 2030. The minimum Gasteiger partial charge on any atom is -0.453 e. The van der Waals surface area contributed by atoms with Crippen molar-refractivity contribution in [2.24, 2.45) is 0 Å². The predicted octanol–water partition coefficient (Wildman–Crippen LogP) is 4.23. The number of rotatable bonds is 13. The maximum absolute atomic E-state index is 13.6. The first-order chi connectivity index (χ1) is 27.0. The van der Waals surface area contributed by atoms with Crippen LogP contribution < -0.4 is 16.0 Å². The number of hydrogen-bond acceptors (Lipinski definition) is 10. The molecule has 0 bridgehead atoms. The van der Waals surface area contributed by atoms with E-state index in [1.165, 1.54) is 28.4 Å². The summed E-state index contributed by atoms with van der Waals surface area (Å²) in [5, 5.41) is 7.96. The van der Waals surface area contributed by atoms with Gasteiger partial charge in [-0.2, -0.15) is 0 Å². The van der Waals surface area contributed by atoms with E-state index in [0.717, 1.165) is 46.5 Å². The van der Waals surface area contributed by atoms with Gasteiger partial charge in [0.05, 0.1) is 62.3 Å². The summed E-state index contributed by atoms with van der Waals surface area (Å²) >= 11 is 0. The molecular formula is C40H48N8O8.